The van der Waals surface area contributed by atoms with Crippen molar-refractivity contribution in [1.29, 1.82) is 0 Å². The highest BCUT2D eigenvalue weighted by Gasteiger charge is 2.30. The highest BCUT2D eigenvalue weighted by Crippen LogP contribution is 2.33. The zero-order chi connectivity index (χ0) is 14.3. The normalized spacial score (nSPS) is 11.9. The van der Waals surface area contributed by atoms with Gasteiger partial charge in [0.25, 0.3) is 0 Å². The van der Waals surface area contributed by atoms with Crippen molar-refractivity contribution in [2.75, 3.05) is 0 Å². The Hall–Kier alpha value is -2.57. The average molecular weight is 279 g/mol. The molecule has 0 aliphatic carbocycles. The number of nitrogens with zero attached hydrogens (tertiary/aromatic N) is 3. The van der Waals surface area contributed by atoms with Crippen molar-refractivity contribution in [2.45, 2.75) is 6.18 Å². The number of imidazole rings is 1. The SMILES string of the molecule is Oc1nc(-c2cccc(C(F)(F)F)c2)n2ccncc12. The van der Waals surface area contributed by atoms with Crippen LogP contribution in [0.5, 0.6) is 5.88 Å². The van der Waals surface area contributed by atoms with Crippen LogP contribution >= 0.6 is 0 Å². The van der Waals surface area contributed by atoms with Crippen molar-refractivity contribution >= 4 is 5.52 Å². The third-order valence-corrected chi connectivity index (χ3v) is 2.88. The van der Waals surface area contributed by atoms with Crippen LogP contribution in [0.3, 0.4) is 0 Å². The van der Waals surface area contributed by atoms with Gasteiger partial charge in [-0.3, -0.25) is 9.38 Å². The summed E-state index contributed by atoms with van der Waals surface area (Å²) in [4.78, 5) is 7.73. The predicted molar refractivity (Wildman–Crippen MR) is 65.1 cm³/mol. The molecule has 1 N–H and O–H groups in total. The Balaban J connectivity index is 2.21. The third kappa shape index (κ3) is 1.97. The molecule has 20 heavy (non-hydrogen) atoms. The third-order valence-electron chi connectivity index (χ3n) is 2.88. The zero-order valence-electron chi connectivity index (χ0n) is 9.96. The van der Waals surface area contributed by atoms with Crippen molar-refractivity contribution in [1.82, 2.24) is 14.4 Å². The second kappa shape index (κ2) is 4.22. The molecule has 0 amide bonds. The van der Waals surface area contributed by atoms with E-state index in [-0.39, 0.29) is 17.3 Å². The second-order valence-electron chi connectivity index (χ2n) is 4.17. The van der Waals surface area contributed by atoms with Crippen LogP contribution in [-0.2, 0) is 6.18 Å². The molecule has 0 aliphatic rings. The number of benzene rings is 1. The van der Waals surface area contributed by atoms with E-state index in [2.05, 4.69) is 9.97 Å². The smallest absolute Gasteiger partial charge is 0.416 e. The quantitative estimate of drug-likeness (QED) is 0.744. The fourth-order valence-electron chi connectivity index (χ4n) is 1.96. The van der Waals surface area contributed by atoms with Crippen LogP contribution in [0.2, 0.25) is 0 Å². The Morgan fingerprint density at radius 2 is 2.00 bits per heavy atom. The Morgan fingerprint density at radius 1 is 1.20 bits per heavy atom. The lowest BCUT2D eigenvalue weighted by Gasteiger charge is -2.08. The summed E-state index contributed by atoms with van der Waals surface area (Å²) >= 11 is 0. The summed E-state index contributed by atoms with van der Waals surface area (Å²) < 4.78 is 39.6. The Morgan fingerprint density at radius 3 is 2.75 bits per heavy atom. The van der Waals surface area contributed by atoms with E-state index in [4.69, 9.17) is 0 Å². The molecule has 4 nitrogen and oxygen atoms in total. The highest BCUT2D eigenvalue weighted by atomic mass is 19.4. The predicted octanol–water partition coefficient (Wildman–Crippen LogP) is 3.12. The number of hydrogen-bond donors (Lipinski definition) is 1. The van der Waals surface area contributed by atoms with Gasteiger partial charge in [0.05, 0.1) is 11.8 Å². The van der Waals surface area contributed by atoms with Gasteiger partial charge in [-0.15, -0.1) is 0 Å². The minimum atomic E-state index is -4.42. The summed E-state index contributed by atoms with van der Waals surface area (Å²) in [7, 11) is 0. The van der Waals surface area contributed by atoms with Gasteiger partial charge >= 0.3 is 6.18 Å². The summed E-state index contributed by atoms with van der Waals surface area (Å²) in [6.45, 7) is 0. The van der Waals surface area contributed by atoms with E-state index >= 15 is 0 Å². The topological polar surface area (TPSA) is 50.4 Å². The lowest BCUT2D eigenvalue weighted by Crippen LogP contribution is -2.04. The number of fused-ring (bicyclic) bond motifs is 1. The van der Waals surface area contributed by atoms with Gasteiger partial charge in [-0.05, 0) is 12.1 Å². The Bertz CT molecular complexity index is 780. The number of alkyl halides is 3. The van der Waals surface area contributed by atoms with E-state index in [0.717, 1.165) is 12.1 Å². The monoisotopic (exact) mass is 279 g/mol. The van der Waals surface area contributed by atoms with E-state index in [1.807, 2.05) is 0 Å². The van der Waals surface area contributed by atoms with Crippen molar-refractivity contribution in [2.24, 2.45) is 0 Å². The largest absolute Gasteiger partial charge is 0.492 e. The molecule has 0 unspecified atom stereocenters. The van der Waals surface area contributed by atoms with E-state index in [0.29, 0.717) is 5.52 Å². The molecule has 0 spiro atoms. The van der Waals surface area contributed by atoms with Crippen molar-refractivity contribution in [3.05, 3.63) is 48.4 Å². The van der Waals surface area contributed by atoms with E-state index in [1.165, 1.54) is 35.1 Å². The highest BCUT2D eigenvalue weighted by molar-refractivity contribution is 5.67. The molecule has 2 aromatic heterocycles. The van der Waals surface area contributed by atoms with Gasteiger partial charge < -0.3 is 5.11 Å². The molecule has 0 saturated carbocycles. The summed E-state index contributed by atoms with van der Waals surface area (Å²) in [6.07, 6.45) is -0.0466. The molecule has 0 atom stereocenters. The second-order valence-corrected chi connectivity index (χ2v) is 4.17. The van der Waals surface area contributed by atoms with Gasteiger partial charge in [0, 0.05) is 18.0 Å². The molecule has 1 aromatic carbocycles. The number of hydrogen-bond acceptors (Lipinski definition) is 3. The van der Waals surface area contributed by atoms with Crippen LogP contribution in [0.15, 0.2) is 42.9 Å². The standard InChI is InChI=1S/C13H8F3N3O/c14-13(15,16)9-3-1-2-8(6-9)11-18-12(20)10-7-17-4-5-19(10)11/h1-7,20H. The Labute approximate surface area is 111 Å². The minimum Gasteiger partial charge on any atom is -0.492 e. The number of aromatic hydroxyl groups is 1. The zero-order valence-corrected chi connectivity index (χ0v) is 9.96. The maximum Gasteiger partial charge on any atom is 0.416 e. The molecular weight excluding hydrogens is 271 g/mol. The molecule has 0 bridgehead atoms. The first-order chi connectivity index (χ1) is 9.47. The Kier molecular flexibility index (Phi) is 2.63. The molecule has 3 aromatic rings. The fraction of sp³-hybridized carbons (Fsp3) is 0.0769. The molecule has 0 fully saturated rings. The molecule has 0 radical (unpaired) electrons. The lowest BCUT2D eigenvalue weighted by molar-refractivity contribution is -0.137. The molecule has 7 heteroatoms. The number of rotatable bonds is 1. The summed E-state index contributed by atoms with van der Waals surface area (Å²) in [5.74, 6) is -0.0449. The molecule has 0 aliphatic heterocycles. The van der Waals surface area contributed by atoms with Gasteiger partial charge in [0.2, 0.25) is 5.88 Å². The fourth-order valence-corrected chi connectivity index (χ4v) is 1.96. The van der Waals surface area contributed by atoms with E-state index in [9.17, 15) is 18.3 Å². The van der Waals surface area contributed by atoms with Crippen LogP contribution in [-0.4, -0.2) is 19.5 Å². The van der Waals surface area contributed by atoms with Crippen LogP contribution < -0.4 is 0 Å². The van der Waals surface area contributed by atoms with E-state index in [1.54, 1.807) is 0 Å². The van der Waals surface area contributed by atoms with Crippen molar-refractivity contribution in [3.63, 3.8) is 0 Å². The average Bonchev–Trinajstić information content (AvgIpc) is 2.76. The maximum absolute atomic E-state index is 12.7. The molecule has 102 valence electrons. The first-order valence-corrected chi connectivity index (χ1v) is 5.65. The first kappa shape index (κ1) is 12.5. The molecule has 0 saturated heterocycles. The minimum absolute atomic E-state index is 0.228. The van der Waals surface area contributed by atoms with Gasteiger partial charge in [-0.25, -0.2) is 0 Å². The van der Waals surface area contributed by atoms with Gasteiger partial charge in [-0.2, -0.15) is 18.2 Å². The molecule has 3 rings (SSSR count). The van der Waals surface area contributed by atoms with Gasteiger partial charge in [-0.1, -0.05) is 12.1 Å². The van der Waals surface area contributed by atoms with E-state index < -0.39 is 11.7 Å². The van der Waals surface area contributed by atoms with Crippen molar-refractivity contribution < 1.29 is 18.3 Å². The summed E-state index contributed by atoms with van der Waals surface area (Å²) in [5.41, 5.74) is -0.165. The summed E-state index contributed by atoms with van der Waals surface area (Å²) in [6, 6.07) is 4.79. The van der Waals surface area contributed by atoms with Crippen molar-refractivity contribution in [3.8, 4) is 17.3 Å². The van der Waals surface area contributed by atoms with Gasteiger partial charge in [0.15, 0.2) is 0 Å². The molecular formula is C13H8F3N3O. The number of halogens is 3. The lowest BCUT2D eigenvalue weighted by atomic mass is 10.1. The summed E-state index contributed by atoms with van der Waals surface area (Å²) in [5, 5.41) is 9.69. The number of aromatic nitrogens is 3. The van der Waals surface area contributed by atoms with Crippen LogP contribution in [0, 0.1) is 0 Å². The van der Waals surface area contributed by atoms with Crippen LogP contribution in [0.4, 0.5) is 13.2 Å². The first-order valence-electron chi connectivity index (χ1n) is 5.65. The maximum atomic E-state index is 12.7. The molecule has 2 heterocycles. The van der Waals surface area contributed by atoms with Crippen LogP contribution in [0.25, 0.3) is 16.9 Å². The van der Waals surface area contributed by atoms with Gasteiger partial charge in [0.1, 0.15) is 11.3 Å². The van der Waals surface area contributed by atoms with Crippen LogP contribution in [0.1, 0.15) is 5.56 Å².